The molecule has 0 aromatic carbocycles. The first-order chi connectivity index (χ1) is 7.70. The van der Waals surface area contributed by atoms with Gasteiger partial charge >= 0.3 is 0 Å². The minimum Gasteiger partial charge on any atom is -0.342 e. The minimum absolute atomic E-state index is 0.196. The summed E-state index contributed by atoms with van der Waals surface area (Å²) in [6, 6.07) is 0.229. The van der Waals surface area contributed by atoms with Crippen molar-refractivity contribution in [1.82, 2.24) is 4.90 Å². The predicted octanol–water partition coefficient (Wildman–Crippen LogP) is 1.76. The zero-order valence-corrected chi connectivity index (χ0v) is 10.3. The summed E-state index contributed by atoms with van der Waals surface area (Å²) >= 11 is 0. The van der Waals surface area contributed by atoms with E-state index in [9.17, 15) is 4.79 Å². The SMILES string of the molecule is CC1C(N)CCCC1C(=O)N1CCCCC1. The van der Waals surface area contributed by atoms with E-state index in [1.54, 1.807) is 0 Å². The fraction of sp³-hybridized carbons (Fsp3) is 0.923. The first-order valence-corrected chi connectivity index (χ1v) is 6.74. The number of hydrogen-bond acceptors (Lipinski definition) is 2. The maximum atomic E-state index is 12.4. The van der Waals surface area contributed by atoms with Crippen molar-refractivity contribution in [2.75, 3.05) is 13.1 Å². The second-order valence-electron chi connectivity index (χ2n) is 5.45. The molecule has 92 valence electrons. The maximum absolute atomic E-state index is 12.4. The van der Waals surface area contributed by atoms with Crippen LogP contribution in [0.25, 0.3) is 0 Å². The van der Waals surface area contributed by atoms with Crippen LogP contribution in [0.5, 0.6) is 0 Å². The summed E-state index contributed by atoms with van der Waals surface area (Å²) in [7, 11) is 0. The molecule has 3 nitrogen and oxygen atoms in total. The number of piperidine rings is 1. The summed E-state index contributed by atoms with van der Waals surface area (Å²) in [5, 5.41) is 0. The molecule has 1 amide bonds. The molecule has 1 heterocycles. The van der Waals surface area contributed by atoms with Crippen LogP contribution in [0.15, 0.2) is 0 Å². The van der Waals surface area contributed by atoms with Crippen LogP contribution in [-0.2, 0) is 4.79 Å². The Balaban J connectivity index is 1.96. The standard InChI is InChI=1S/C13H24N2O/c1-10-11(6-5-7-12(10)14)13(16)15-8-3-2-4-9-15/h10-12H,2-9,14H2,1H3. The summed E-state index contributed by atoms with van der Waals surface area (Å²) < 4.78 is 0. The van der Waals surface area contributed by atoms with E-state index in [4.69, 9.17) is 5.73 Å². The number of carbonyl (C=O) groups is 1. The topological polar surface area (TPSA) is 46.3 Å². The molecule has 16 heavy (non-hydrogen) atoms. The molecule has 1 saturated carbocycles. The summed E-state index contributed by atoms with van der Waals surface area (Å²) in [5.41, 5.74) is 6.07. The summed E-state index contributed by atoms with van der Waals surface area (Å²) in [5.74, 6) is 0.937. The van der Waals surface area contributed by atoms with E-state index in [-0.39, 0.29) is 12.0 Å². The minimum atomic E-state index is 0.196. The maximum Gasteiger partial charge on any atom is 0.226 e. The molecule has 0 aromatic heterocycles. The Bertz CT molecular complexity index is 248. The van der Waals surface area contributed by atoms with E-state index < -0.39 is 0 Å². The lowest BCUT2D eigenvalue weighted by atomic mass is 9.76. The van der Waals surface area contributed by atoms with Crippen molar-refractivity contribution in [3.8, 4) is 0 Å². The second kappa shape index (κ2) is 5.17. The Morgan fingerprint density at radius 3 is 2.50 bits per heavy atom. The van der Waals surface area contributed by atoms with E-state index >= 15 is 0 Å². The van der Waals surface area contributed by atoms with Gasteiger partial charge in [0.05, 0.1) is 0 Å². The van der Waals surface area contributed by atoms with E-state index in [2.05, 4.69) is 11.8 Å². The number of carbonyl (C=O) groups excluding carboxylic acids is 1. The van der Waals surface area contributed by atoms with E-state index in [0.717, 1.165) is 32.4 Å². The fourth-order valence-electron chi connectivity index (χ4n) is 3.09. The van der Waals surface area contributed by atoms with Crippen LogP contribution in [-0.4, -0.2) is 29.9 Å². The van der Waals surface area contributed by atoms with Crippen LogP contribution in [0.3, 0.4) is 0 Å². The number of rotatable bonds is 1. The highest BCUT2D eigenvalue weighted by Crippen LogP contribution is 2.31. The number of amides is 1. The van der Waals surface area contributed by atoms with Crippen molar-refractivity contribution in [2.24, 2.45) is 17.6 Å². The van der Waals surface area contributed by atoms with Gasteiger partial charge in [-0.3, -0.25) is 4.79 Å². The summed E-state index contributed by atoms with van der Waals surface area (Å²) in [4.78, 5) is 14.5. The van der Waals surface area contributed by atoms with Gasteiger partial charge in [0, 0.05) is 25.0 Å². The molecule has 3 atom stereocenters. The van der Waals surface area contributed by atoms with Gasteiger partial charge in [0.15, 0.2) is 0 Å². The van der Waals surface area contributed by atoms with Gasteiger partial charge in [-0.2, -0.15) is 0 Å². The Morgan fingerprint density at radius 2 is 1.81 bits per heavy atom. The van der Waals surface area contributed by atoms with Crippen LogP contribution >= 0.6 is 0 Å². The molecule has 1 aliphatic heterocycles. The summed E-state index contributed by atoms with van der Waals surface area (Å²) in [6.07, 6.45) is 6.90. The normalized spacial score (nSPS) is 36.1. The first-order valence-electron chi connectivity index (χ1n) is 6.74. The van der Waals surface area contributed by atoms with Crippen molar-refractivity contribution >= 4 is 5.91 Å². The monoisotopic (exact) mass is 224 g/mol. The lowest BCUT2D eigenvalue weighted by Gasteiger charge is -2.37. The molecule has 2 fully saturated rings. The van der Waals surface area contributed by atoms with Crippen LogP contribution in [0.2, 0.25) is 0 Å². The smallest absolute Gasteiger partial charge is 0.226 e. The Hall–Kier alpha value is -0.570. The first kappa shape index (κ1) is 11.9. The molecule has 3 unspecified atom stereocenters. The number of hydrogen-bond donors (Lipinski definition) is 1. The lowest BCUT2D eigenvalue weighted by Crippen LogP contribution is -2.47. The molecule has 0 aromatic rings. The third-order valence-corrected chi connectivity index (χ3v) is 4.35. The largest absolute Gasteiger partial charge is 0.342 e. The average Bonchev–Trinajstić information content (AvgIpc) is 2.33. The highest BCUT2D eigenvalue weighted by Gasteiger charge is 2.35. The Labute approximate surface area is 98.4 Å². The zero-order valence-electron chi connectivity index (χ0n) is 10.3. The van der Waals surface area contributed by atoms with Gasteiger partial charge < -0.3 is 10.6 Å². The van der Waals surface area contributed by atoms with Crippen molar-refractivity contribution < 1.29 is 4.79 Å². The van der Waals surface area contributed by atoms with Crippen molar-refractivity contribution in [3.05, 3.63) is 0 Å². The van der Waals surface area contributed by atoms with Crippen molar-refractivity contribution in [1.29, 1.82) is 0 Å². The highest BCUT2D eigenvalue weighted by atomic mass is 16.2. The molecule has 2 N–H and O–H groups in total. The van der Waals surface area contributed by atoms with Crippen molar-refractivity contribution in [3.63, 3.8) is 0 Å². The third-order valence-electron chi connectivity index (χ3n) is 4.35. The molecule has 2 aliphatic rings. The van der Waals surface area contributed by atoms with Crippen LogP contribution in [0, 0.1) is 11.8 Å². The van der Waals surface area contributed by atoms with Gasteiger partial charge in [0.2, 0.25) is 5.91 Å². The summed E-state index contributed by atoms with van der Waals surface area (Å²) in [6.45, 7) is 4.09. The molecule has 0 radical (unpaired) electrons. The zero-order chi connectivity index (χ0) is 11.5. The Morgan fingerprint density at radius 1 is 1.12 bits per heavy atom. The third kappa shape index (κ3) is 2.40. The van der Waals surface area contributed by atoms with Crippen LogP contribution in [0.4, 0.5) is 0 Å². The van der Waals surface area contributed by atoms with Crippen molar-refractivity contribution in [2.45, 2.75) is 51.5 Å². The van der Waals surface area contributed by atoms with Gasteiger partial charge in [0.25, 0.3) is 0 Å². The molecule has 0 bridgehead atoms. The number of nitrogens with zero attached hydrogens (tertiary/aromatic N) is 1. The second-order valence-corrected chi connectivity index (χ2v) is 5.45. The van der Waals surface area contributed by atoms with E-state index in [0.29, 0.717) is 11.8 Å². The molecule has 1 aliphatic carbocycles. The fourth-order valence-corrected chi connectivity index (χ4v) is 3.09. The predicted molar refractivity (Wildman–Crippen MR) is 64.9 cm³/mol. The molecule has 2 rings (SSSR count). The van der Waals surface area contributed by atoms with Crippen LogP contribution in [0.1, 0.15) is 45.4 Å². The Kier molecular flexibility index (Phi) is 3.85. The van der Waals surface area contributed by atoms with Gasteiger partial charge in [0.1, 0.15) is 0 Å². The van der Waals surface area contributed by atoms with E-state index in [1.807, 2.05) is 0 Å². The molecule has 0 spiro atoms. The lowest BCUT2D eigenvalue weighted by molar-refractivity contribution is -0.139. The number of likely N-dealkylation sites (tertiary alicyclic amines) is 1. The highest BCUT2D eigenvalue weighted by molar-refractivity contribution is 5.79. The van der Waals surface area contributed by atoms with Gasteiger partial charge in [-0.15, -0.1) is 0 Å². The van der Waals surface area contributed by atoms with Crippen LogP contribution < -0.4 is 5.73 Å². The molecular formula is C13H24N2O. The van der Waals surface area contributed by atoms with Gasteiger partial charge in [-0.1, -0.05) is 13.3 Å². The molecule has 1 saturated heterocycles. The van der Waals surface area contributed by atoms with Gasteiger partial charge in [-0.25, -0.2) is 0 Å². The van der Waals surface area contributed by atoms with Gasteiger partial charge in [-0.05, 0) is 38.0 Å². The van der Waals surface area contributed by atoms with E-state index in [1.165, 1.54) is 19.3 Å². The quantitative estimate of drug-likeness (QED) is 0.737. The number of nitrogens with two attached hydrogens (primary N) is 1. The average molecular weight is 224 g/mol. The molecular weight excluding hydrogens is 200 g/mol. The molecule has 3 heteroatoms.